The molecule has 1 saturated heterocycles. The number of halogens is 1. The van der Waals surface area contributed by atoms with Gasteiger partial charge in [-0.25, -0.2) is 23.5 Å². The smallest absolute Gasteiger partial charge is 0.244 e. The van der Waals surface area contributed by atoms with E-state index in [0.29, 0.717) is 5.69 Å². The minimum absolute atomic E-state index is 0.0733. The van der Waals surface area contributed by atoms with Crippen molar-refractivity contribution < 1.29 is 43.0 Å². The van der Waals surface area contributed by atoms with E-state index in [2.05, 4.69) is 22.8 Å². The van der Waals surface area contributed by atoms with Crippen molar-refractivity contribution in [1.29, 1.82) is 0 Å². The SMILES string of the molecule is O=C1C2C3c4ccccc4C(C2C(=O)N1c1ccccc1)[n+]1ccccc13.[O-][Cl+3]([O-])([O-])[O-]. The molecule has 0 N–H and O–H groups in total. The standard InChI is InChI=1S/C23H17N2O2.ClHO4/c26-22-19-18-15-10-4-5-11-16(15)21(24-13-7-6-12-17(18)24)20(19)23(27)25(22)14-8-2-1-3-9-14;2-1(3,4)5/h1-13,18-21H;(H,2,3,4,5)/q+1;/p-1. The van der Waals surface area contributed by atoms with Crippen LogP contribution < -0.4 is 28.1 Å². The summed E-state index contributed by atoms with van der Waals surface area (Å²) in [5, 5.41) is 0. The third kappa shape index (κ3) is 3.21. The lowest BCUT2D eigenvalue weighted by Gasteiger charge is -2.40. The van der Waals surface area contributed by atoms with E-state index in [1.54, 1.807) is 0 Å². The van der Waals surface area contributed by atoms with Gasteiger partial charge in [0.25, 0.3) is 0 Å². The van der Waals surface area contributed by atoms with Crippen molar-refractivity contribution in [3.05, 3.63) is 95.8 Å². The number of pyridine rings is 1. The first-order chi connectivity index (χ1) is 15.3. The van der Waals surface area contributed by atoms with Gasteiger partial charge < -0.3 is 0 Å². The fourth-order valence-corrected chi connectivity index (χ4v) is 5.33. The number of hydrogen-bond acceptors (Lipinski definition) is 6. The molecule has 2 bridgehead atoms. The zero-order valence-corrected chi connectivity index (χ0v) is 17.3. The number of anilines is 1. The van der Waals surface area contributed by atoms with Crippen LogP contribution in [0.1, 0.15) is 28.8 Å². The second-order valence-electron chi connectivity index (χ2n) is 7.86. The molecular weight excluding hydrogens is 436 g/mol. The Morgan fingerprint density at radius 3 is 1.97 bits per heavy atom. The summed E-state index contributed by atoms with van der Waals surface area (Å²) in [6.07, 6.45) is 2.04. The summed E-state index contributed by atoms with van der Waals surface area (Å²) in [6.45, 7) is 0. The minimum Gasteiger partial charge on any atom is -0.274 e. The van der Waals surface area contributed by atoms with Crippen LogP contribution in [0.2, 0.25) is 0 Å². The van der Waals surface area contributed by atoms with Gasteiger partial charge in [0.1, 0.15) is 5.92 Å². The Morgan fingerprint density at radius 2 is 1.28 bits per heavy atom. The van der Waals surface area contributed by atoms with Crippen molar-refractivity contribution in [2.45, 2.75) is 12.0 Å². The molecule has 4 unspecified atom stereocenters. The van der Waals surface area contributed by atoms with Crippen molar-refractivity contribution in [2.75, 3.05) is 4.90 Å². The van der Waals surface area contributed by atoms with E-state index in [1.165, 1.54) is 16.0 Å². The number of benzene rings is 2. The molecule has 1 aromatic heterocycles. The van der Waals surface area contributed by atoms with Crippen LogP contribution in [0.15, 0.2) is 79.0 Å². The van der Waals surface area contributed by atoms with Gasteiger partial charge in [0.15, 0.2) is 17.9 Å². The van der Waals surface area contributed by atoms with Crippen LogP contribution in [-0.4, -0.2) is 11.8 Å². The fourth-order valence-electron chi connectivity index (χ4n) is 5.33. The van der Waals surface area contributed by atoms with E-state index in [9.17, 15) is 9.59 Å². The van der Waals surface area contributed by atoms with Crippen molar-refractivity contribution >= 4 is 17.5 Å². The van der Waals surface area contributed by atoms with Crippen LogP contribution in [0, 0.1) is 22.1 Å². The number of rotatable bonds is 1. The maximum atomic E-state index is 13.5. The summed E-state index contributed by atoms with van der Waals surface area (Å²) in [7, 11) is -4.94. The maximum absolute atomic E-state index is 13.5. The molecule has 0 spiro atoms. The summed E-state index contributed by atoms with van der Waals surface area (Å²) >= 11 is 0. The zero-order valence-electron chi connectivity index (χ0n) is 16.5. The molecule has 4 heterocycles. The van der Waals surface area contributed by atoms with Crippen LogP contribution in [0.4, 0.5) is 5.69 Å². The Bertz CT molecular complexity index is 1090. The minimum atomic E-state index is -4.94. The predicted molar refractivity (Wildman–Crippen MR) is 99.0 cm³/mol. The van der Waals surface area contributed by atoms with Gasteiger partial charge in [0.05, 0.1) is 17.5 Å². The highest BCUT2D eigenvalue weighted by Gasteiger charge is 2.66. The van der Waals surface area contributed by atoms with Gasteiger partial charge in [0.2, 0.25) is 11.8 Å². The van der Waals surface area contributed by atoms with E-state index in [4.69, 9.17) is 18.6 Å². The molecule has 4 atom stereocenters. The Morgan fingerprint density at radius 1 is 0.719 bits per heavy atom. The number of aromatic nitrogens is 1. The normalized spacial score (nSPS) is 24.9. The third-order valence-electron chi connectivity index (χ3n) is 6.30. The molecule has 9 heteroatoms. The molecule has 0 radical (unpaired) electrons. The number of hydrogen-bond donors (Lipinski definition) is 0. The highest BCUT2D eigenvalue weighted by molar-refractivity contribution is 6.23. The van der Waals surface area contributed by atoms with Crippen molar-refractivity contribution in [3.63, 3.8) is 0 Å². The number of nitrogens with zero attached hydrogens (tertiary/aromatic N) is 2. The lowest BCUT2D eigenvalue weighted by atomic mass is 9.63. The number of amides is 2. The van der Waals surface area contributed by atoms with E-state index in [1.807, 2.05) is 60.8 Å². The lowest BCUT2D eigenvalue weighted by molar-refractivity contribution is -2.00. The van der Waals surface area contributed by atoms with Crippen LogP contribution in [0.5, 0.6) is 0 Å². The quantitative estimate of drug-likeness (QED) is 0.312. The molecule has 4 aliphatic rings. The summed E-state index contributed by atoms with van der Waals surface area (Å²) < 4.78 is 36.2. The van der Waals surface area contributed by atoms with Crippen molar-refractivity contribution in [2.24, 2.45) is 11.8 Å². The lowest BCUT2D eigenvalue weighted by Crippen LogP contribution is -2.68. The van der Waals surface area contributed by atoms with E-state index in [-0.39, 0.29) is 35.6 Å². The fraction of sp³-hybridized carbons (Fsp3) is 0.174. The molecule has 0 saturated carbocycles. The molecule has 3 aliphatic heterocycles. The van der Waals surface area contributed by atoms with Crippen LogP contribution in [0.25, 0.3) is 0 Å². The molecule has 1 fully saturated rings. The summed E-state index contributed by atoms with van der Waals surface area (Å²) in [5.74, 6) is -0.918. The monoisotopic (exact) mass is 452 g/mol. The largest absolute Gasteiger partial charge is 0.274 e. The number of carbonyl (C=O) groups is 2. The van der Waals surface area contributed by atoms with Crippen LogP contribution in [-0.2, 0) is 9.59 Å². The molecule has 1 aliphatic carbocycles. The van der Waals surface area contributed by atoms with E-state index >= 15 is 0 Å². The van der Waals surface area contributed by atoms with Crippen LogP contribution in [0.3, 0.4) is 0 Å². The molecular formula is C23H17ClN2O6. The van der Waals surface area contributed by atoms with Gasteiger partial charge in [-0.05, 0) is 17.7 Å². The topological polar surface area (TPSA) is 134 Å². The van der Waals surface area contributed by atoms with Crippen molar-refractivity contribution in [3.8, 4) is 0 Å². The predicted octanol–water partition coefficient (Wildman–Crippen LogP) is -1.93. The second-order valence-corrected chi connectivity index (χ2v) is 8.62. The molecule has 2 aromatic carbocycles. The third-order valence-corrected chi connectivity index (χ3v) is 6.30. The van der Waals surface area contributed by atoms with Gasteiger partial charge in [0, 0.05) is 17.7 Å². The first-order valence-electron chi connectivity index (χ1n) is 9.91. The van der Waals surface area contributed by atoms with E-state index < -0.39 is 10.2 Å². The van der Waals surface area contributed by atoms with Gasteiger partial charge in [-0.3, -0.25) is 9.59 Å². The van der Waals surface area contributed by atoms with E-state index in [0.717, 1.165) is 5.69 Å². The molecule has 32 heavy (non-hydrogen) atoms. The average Bonchev–Trinajstić information content (AvgIpc) is 3.04. The second kappa shape index (κ2) is 7.47. The van der Waals surface area contributed by atoms with Gasteiger partial charge in [-0.2, -0.15) is 4.57 Å². The Labute approximate surface area is 185 Å². The van der Waals surface area contributed by atoms with Gasteiger partial charge >= 0.3 is 0 Å². The molecule has 3 aromatic rings. The number of imide groups is 1. The van der Waals surface area contributed by atoms with Gasteiger partial charge in [-0.15, -0.1) is 10.2 Å². The summed E-state index contributed by atoms with van der Waals surface area (Å²) in [6, 6.07) is 23.5. The summed E-state index contributed by atoms with van der Waals surface area (Å²) in [5.41, 5.74) is 4.15. The Balaban J connectivity index is 0.000000393. The molecule has 2 amide bonds. The highest BCUT2D eigenvalue weighted by atomic mass is 35.7. The molecule has 162 valence electrons. The number of carbonyl (C=O) groups excluding carboxylic acids is 2. The summed E-state index contributed by atoms with van der Waals surface area (Å²) in [4.78, 5) is 28.3. The van der Waals surface area contributed by atoms with Crippen molar-refractivity contribution in [1.82, 2.24) is 0 Å². The molecule has 8 nitrogen and oxygen atoms in total. The highest BCUT2D eigenvalue weighted by Crippen LogP contribution is 2.55. The first kappa shape index (κ1) is 20.7. The maximum Gasteiger partial charge on any atom is 0.244 e. The molecule has 7 rings (SSSR count). The zero-order chi connectivity index (χ0) is 22.6. The van der Waals surface area contributed by atoms with Crippen LogP contribution >= 0.6 is 0 Å². The first-order valence-corrected chi connectivity index (χ1v) is 11.1. The Kier molecular flexibility index (Phi) is 4.85. The number of para-hydroxylation sites is 1. The van der Waals surface area contributed by atoms with Gasteiger partial charge in [-0.1, -0.05) is 48.5 Å². The average molecular weight is 453 g/mol. The Hall–Kier alpha value is -3.14.